The Kier molecular flexibility index (Phi) is 4.94. The van der Waals surface area contributed by atoms with E-state index in [0.29, 0.717) is 11.3 Å². The van der Waals surface area contributed by atoms with Crippen molar-refractivity contribution >= 4 is 28.7 Å². The first-order valence-electron chi connectivity index (χ1n) is 8.02. The van der Waals surface area contributed by atoms with Crippen molar-refractivity contribution in [3.05, 3.63) is 94.0 Å². The summed E-state index contributed by atoms with van der Waals surface area (Å²) in [6.45, 7) is 1.97. The number of hydrogen-bond acceptors (Lipinski definition) is 4. The Morgan fingerprint density at radius 3 is 2.12 bits per heavy atom. The molecule has 0 heterocycles. The fourth-order valence-electron chi connectivity index (χ4n) is 2.58. The van der Waals surface area contributed by atoms with Crippen LogP contribution in [0.25, 0.3) is 0 Å². The maximum absolute atomic E-state index is 12.7. The summed E-state index contributed by atoms with van der Waals surface area (Å²) >= 11 is 0. The zero-order valence-corrected chi connectivity index (χ0v) is 14.1. The van der Waals surface area contributed by atoms with Gasteiger partial charge < -0.3 is 10.6 Å². The van der Waals surface area contributed by atoms with Gasteiger partial charge in [-0.3, -0.25) is 14.9 Å². The number of para-hydroxylation sites is 4. The number of nitrogens with one attached hydrogen (secondary N) is 2. The van der Waals surface area contributed by atoms with E-state index in [1.807, 2.05) is 37.3 Å². The van der Waals surface area contributed by atoms with E-state index in [9.17, 15) is 14.9 Å². The molecule has 130 valence electrons. The zero-order chi connectivity index (χ0) is 18.5. The lowest BCUT2D eigenvalue weighted by molar-refractivity contribution is -0.383. The number of amides is 1. The minimum absolute atomic E-state index is 0.148. The van der Waals surface area contributed by atoms with E-state index in [2.05, 4.69) is 10.6 Å². The smallest absolute Gasteiger partial charge is 0.292 e. The van der Waals surface area contributed by atoms with Crippen LogP contribution < -0.4 is 10.6 Å². The number of aryl methyl sites for hydroxylation is 1. The molecule has 0 saturated heterocycles. The second-order valence-corrected chi connectivity index (χ2v) is 5.71. The molecule has 0 saturated carbocycles. The Balaban J connectivity index is 1.90. The number of anilines is 3. The quantitative estimate of drug-likeness (QED) is 0.508. The molecule has 0 atom stereocenters. The molecule has 3 rings (SSSR count). The van der Waals surface area contributed by atoms with Gasteiger partial charge in [-0.2, -0.15) is 0 Å². The van der Waals surface area contributed by atoms with Crippen LogP contribution in [0, 0.1) is 17.0 Å². The van der Waals surface area contributed by atoms with Crippen LogP contribution in [0.4, 0.5) is 22.7 Å². The molecule has 6 heteroatoms. The standard InChI is InChI=1S/C20H17N3O3/c1-14-8-2-4-10-16(14)21-17-11-5-3-9-15(17)20(24)22-18-12-6-7-13-19(18)23(25)26/h2-13,21H,1H3,(H,22,24). The van der Waals surface area contributed by atoms with Crippen LogP contribution in [0.15, 0.2) is 72.8 Å². The van der Waals surface area contributed by atoms with Gasteiger partial charge in [-0.1, -0.05) is 42.5 Å². The van der Waals surface area contributed by atoms with Crippen molar-refractivity contribution in [3.8, 4) is 0 Å². The molecule has 0 spiro atoms. The van der Waals surface area contributed by atoms with E-state index in [0.717, 1.165) is 11.3 Å². The maximum Gasteiger partial charge on any atom is 0.292 e. The fourth-order valence-corrected chi connectivity index (χ4v) is 2.58. The highest BCUT2D eigenvalue weighted by Gasteiger charge is 2.17. The van der Waals surface area contributed by atoms with Gasteiger partial charge in [0.05, 0.1) is 16.2 Å². The number of nitrogens with zero attached hydrogens (tertiary/aromatic N) is 1. The molecule has 0 radical (unpaired) electrons. The summed E-state index contributed by atoms with van der Waals surface area (Å²) < 4.78 is 0. The summed E-state index contributed by atoms with van der Waals surface area (Å²) in [6, 6.07) is 20.8. The third kappa shape index (κ3) is 3.70. The molecule has 0 fully saturated rings. The van der Waals surface area contributed by atoms with Crippen molar-refractivity contribution in [2.24, 2.45) is 0 Å². The first kappa shape index (κ1) is 17.2. The normalized spacial score (nSPS) is 10.2. The predicted octanol–water partition coefficient (Wildman–Crippen LogP) is 4.90. The van der Waals surface area contributed by atoms with Gasteiger partial charge in [-0.15, -0.1) is 0 Å². The number of carbonyl (C=O) groups excluding carboxylic acids is 1. The predicted molar refractivity (Wildman–Crippen MR) is 102 cm³/mol. The van der Waals surface area contributed by atoms with Crippen LogP contribution in [0.1, 0.15) is 15.9 Å². The van der Waals surface area contributed by atoms with Crippen molar-refractivity contribution in [1.82, 2.24) is 0 Å². The highest BCUT2D eigenvalue weighted by molar-refractivity contribution is 6.09. The van der Waals surface area contributed by atoms with Gasteiger partial charge >= 0.3 is 0 Å². The number of carbonyl (C=O) groups is 1. The van der Waals surface area contributed by atoms with Crippen LogP contribution in [0.5, 0.6) is 0 Å². The molecule has 1 amide bonds. The Bertz CT molecular complexity index is 970. The Morgan fingerprint density at radius 2 is 1.42 bits per heavy atom. The topological polar surface area (TPSA) is 84.3 Å². The van der Waals surface area contributed by atoms with Crippen LogP contribution in [-0.4, -0.2) is 10.8 Å². The number of nitro groups is 1. The molecule has 0 bridgehead atoms. The highest BCUT2D eigenvalue weighted by atomic mass is 16.6. The minimum Gasteiger partial charge on any atom is -0.355 e. The summed E-state index contributed by atoms with van der Waals surface area (Å²) in [5.74, 6) is -0.420. The monoisotopic (exact) mass is 347 g/mol. The molecule has 3 aromatic carbocycles. The molecule has 26 heavy (non-hydrogen) atoms. The van der Waals surface area contributed by atoms with Crippen molar-refractivity contribution in [1.29, 1.82) is 0 Å². The molecule has 0 aliphatic rings. The first-order chi connectivity index (χ1) is 12.6. The summed E-state index contributed by atoms with van der Waals surface area (Å²) in [7, 11) is 0. The van der Waals surface area contributed by atoms with Gasteiger partial charge in [0, 0.05) is 11.8 Å². The van der Waals surface area contributed by atoms with Crippen LogP contribution in [-0.2, 0) is 0 Å². The lowest BCUT2D eigenvalue weighted by atomic mass is 10.1. The van der Waals surface area contributed by atoms with Crippen molar-refractivity contribution in [3.63, 3.8) is 0 Å². The molecule has 0 unspecified atom stereocenters. The molecule has 3 aromatic rings. The van der Waals surface area contributed by atoms with Gasteiger partial charge in [-0.25, -0.2) is 0 Å². The van der Waals surface area contributed by atoms with E-state index in [4.69, 9.17) is 0 Å². The van der Waals surface area contributed by atoms with Crippen LogP contribution in [0.3, 0.4) is 0 Å². The Hall–Kier alpha value is -3.67. The van der Waals surface area contributed by atoms with Gasteiger partial charge in [0.2, 0.25) is 0 Å². The average molecular weight is 347 g/mol. The Labute approximate surface area is 150 Å². The fraction of sp³-hybridized carbons (Fsp3) is 0.0500. The number of rotatable bonds is 5. The van der Waals surface area contributed by atoms with Crippen molar-refractivity contribution < 1.29 is 9.72 Å². The molecule has 6 nitrogen and oxygen atoms in total. The second-order valence-electron chi connectivity index (χ2n) is 5.71. The van der Waals surface area contributed by atoms with Crippen LogP contribution in [0.2, 0.25) is 0 Å². The summed E-state index contributed by atoms with van der Waals surface area (Å²) in [5.41, 5.74) is 2.96. The molecular weight excluding hydrogens is 330 g/mol. The third-order valence-electron chi connectivity index (χ3n) is 3.94. The van der Waals surface area contributed by atoms with Gasteiger partial charge in [0.25, 0.3) is 11.6 Å². The van der Waals surface area contributed by atoms with Crippen LogP contribution >= 0.6 is 0 Å². The minimum atomic E-state index is -0.521. The maximum atomic E-state index is 12.7. The average Bonchev–Trinajstić information content (AvgIpc) is 2.64. The van der Waals surface area contributed by atoms with Gasteiger partial charge in [0.15, 0.2) is 0 Å². The van der Waals surface area contributed by atoms with Crippen molar-refractivity contribution in [2.75, 3.05) is 10.6 Å². The Morgan fingerprint density at radius 1 is 0.846 bits per heavy atom. The number of benzene rings is 3. The number of nitro benzene ring substituents is 1. The highest BCUT2D eigenvalue weighted by Crippen LogP contribution is 2.27. The molecule has 2 N–H and O–H groups in total. The number of hydrogen-bond donors (Lipinski definition) is 2. The molecular formula is C20H17N3O3. The zero-order valence-electron chi connectivity index (χ0n) is 14.1. The molecule has 0 aliphatic heterocycles. The summed E-state index contributed by atoms with van der Waals surface area (Å²) in [6.07, 6.45) is 0. The SMILES string of the molecule is Cc1ccccc1Nc1ccccc1C(=O)Nc1ccccc1[N+](=O)[O-]. The van der Waals surface area contributed by atoms with Gasteiger partial charge in [-0.05, 0) is 36.8 Å². The lowest BCUT2D eigenvalue weighted by Crippen LogP contribution is -2.15. The van der Waals surface area contributed by atoms with Gasteiger partial charge in [0.1, 0.15) is 5.69 Å². The largest absolute Gasteiger partial charge is 0.355 e. The lowest BCUT2D eigenvalue weighted by Gasteiger charge is -2.14. The summed E-state index contributed by atoms with van der Waals surface area (Å²) in [4.78, 5) is 23.3. The third-order valence-corrected chi connectivity index (χ3v) is 3.94. The van der Waals surface area contributed by atoms with E-state index in [-0.39, 0.29) is 11.4 Å². The van der Waals surface area contributed by atoms with E-state index in [1.165, 1.54) is 12.1 Å². The molecule has 0 aliphatic carbocycles. The van der Waals surface area contributed by atoms with Crippen molar-refractivity contribution in [2.45, 2.75) is 6.92 Å². The first-order valence-corrected chi connectivity index (χ1v) is 8.02. The van der Waals surface area contributed by atoms with E-state index < -0.39 is 10.8 Å². The molecule has 0 aromatic heterocycles. The van der Waals surface area contributed by atoms with E-state index >= 15 is 0 Å². The second kappa shape index (κ2) is 7.48. The van der Waals surface area contributed by atoms with E-state index in [1.54, 1.807) is 30.3 Å². The summed E-state index contributed by atoms with van der Waals surface area (Å²) in [5, 5.41) is 17.0.